The summed E-state index contributed by atoms with van der Waals surface area (Å²) in [6.45, 7) is 0. The molecule has 0 aliphatic rings. The van der Waals surface area contributed by atoms with Gasteiger partial charge in [-0.2, -0.15) is 5.26 Å². The maximum atomic E-state index is 9.34. The molecule has 5 heteroatoms. The highest BCUT2D eigenvalue weighted by atomic mass is 79.9. The van der Waals surface area contributed by atoms with Gasteiger partial charge in [0.15, 0.2) is 0 Å². The average molecular weight is 356 g/mol. The third kappa shape index (κ3) is 3.22. The Morgan fingerprint density at radius 3 is 2.26 bits per heavy atom. The fraction of sp³-hybridized carbons (Fsp3) is 0.0714. The lowest BCUT2D eigenvalue weighted by molar-refractivity contribution is 0.996. The van der Waals surface area contributed by atoms with Crippen LogP contribution in [0.2, 0.25) is 10.0 Å². The molecule has 0 aliphatic carbocycles. The normalized spacial score (nSPS) is 11.7. The van der Waals surface area contributed by atoms with E-state index in [1.54, 1.807) is 18.2 Å². The van der Waals surface area contributed by atoms with Gasteiger partial charge in [0.05, 0.1) is 6.07 Å². The molecule has 0 bridgehead atoms. The number of nitrogens with one attached hydrogen (secondary N) is 1. The van der Waals surface area contributed by atoms with Crippen molar-refractivity contribution >= 4 is 44.8 Å². The highest BCUT2D eigenvalue weighted by Gasteiger charge is 2.18. The Morgan fingerprint density at radius 2 is 1.68 bits per heavy atom. The van der Waals surface area contributed by atoms with Crippen LogP contribution in [0.15, 0.2) is 46.9 Å². The largest absolute Gasteiger partial charge is 0.365 e. The van der Waals surface area contributed by atoms with Gasteiger partial charge in [0.25, 0.3) is 0 Å². The summed E-state index contributed by atoms with van der Waals surface area (Å²) >= 11 is 15.7. The molecule has 0 saturated heterocycles. The Morgan fingerprint density at radius 1 is 1.05 bits per heavy atom. The van der Waals surface area contributed by atoms with Crippen molar-refractivity contribution in [1.29, 1.82) is 5.26 Å². The van der Waals surface area contributed by atoms with E-state index in [2.05, 4.69) is 27.3 Å². The van der Waals surface area contributed by atoms with Gasteiger partial charge in [-0.1, -0.05) is 41.4 Å². The second kappa shape index (κ2) is 6.29. The van der Waals surface area contributed by atoms with E-state index in [-0.39, 0.29) is 0 Å². The van der Waals surface area contributed by atoms with Gasteiger partial charge in [0, 0.05) is 25.8 Å². The van der Waals surface area contributed by atoms with Gasteiger partial charge < -0.3 is 5.32 Å². The third-order valence-electron chi connectivity index (χ3n) is 2.59. The summed E-state index contributed by atoms with van der Waals surface area (Å²) in [5.74, 6) is 0. The molecule has 0 aromatic heterocycles. The Labute approximate surface area is 130 Å². The number of nitriles is 1. The average Bonchev–Trinajstić information content (AvgIpc) is 2.39. The fourth-order valence-corrected chi connectivity index (χ4v) is 2.70. The van der Waals surface area contributed by atoms with Crippen molar-refractivity contribution in [3.05, 3.63) is 62.5 Å². The maximum Gasteiger partial charge on any atom is 0.143 e. The van der Waals surface area contributed by atoms with Crippen LogP contribution in [0.4, 0.5) is 5.69 Å². The van der Waals surface area contributed by atoms with E-state index >= 15 is 0 Å². The van der Waals surface area contributed by atoms with Crippen molar-refractivity contribution in [2.24, 2.45) is 0 Å². The fourth-order valence-electron chi connectivity index (χ4n) is 1.69. The van der Waals surface area contributed by atoms with Crippen molar-refractivity contribution in [2.45, 2.75) is 6.04 Å². The van der Waals surface area contributed by atoms with E-state index in [9.17, 15) is 5.26 Å². The number of halogens is 3. The van der Waals surface area contributed by atoms with Crippen LogP contribution in [0.1, 0.15) is 11.6 Å². The molecular weight excluding hydrogens is 347 g/mol. The first-order valence-corrected chi connectivity index (χ1v) is 7.03. The molecule has 96 valence electrons. The van der Waals surface area contributed by atoms with Gasteiger partial charge in [0.1, 0.15) is 6.04 Å². The van der Waals surface area contributed by atoms with Crippen LogP contribution >= 0.6 is 39.1 Å². The predicted octanol–water partition coefficient (Wildman–Crippen LogP) is 5.43. The summed E-state index contributed by atoms with van der Waals surface area (Å²) in [4.78, 5) is 0. The van der Waals surface area contributed by atoms with Crippen LogP contribution in [0.25, 0.3) is 0 Å². The molecule has 0 heterocycles. The number of para-hydroxylation sites is 1. The second-order valence-electron chi connectivity index (χ2n) is 3.82. The summed E-state index contributed by atoms with van der Waals surface area (Å²) < 4.78 is 0.874. The maximum absolute atomic E-state index is 9.34. The molecule has 0 radical (unpaired) electrons. The number of anilines is 1. The van der Waals surface area contributed by atoms with E-state index in [1.807, 2.05) is 24.3 Å². The van der Waals surface area contributed by atoms with Gasteiger partial charge in [-0.15, -0.1) is 0 Å². The molecule has 0 spiro atoms. The monoisotopic (exact) mass is 354 g/mol. The highest BCUT2D eigenvalue weighted by molar-refractivity contribution is 9.10. The molecule has 1 N–H and O–H groups in total. The molecule has 19 heavy (non-hydrogen) atoms. The SMILES string of the molecule is N#CC(Nc1ccccc1Br)c1c(Cl)cccc1Cl. The van der Waals surface area contributed by atoms with Crippen molar-refractivity contribution in [2.75, 3.05) is 5.32 Å². The van der Waals surface area contributed by atoms with E-state index < -0.39 is 6.04 Å². The van der Waals surface area contributed by atoms with Gasteiger partial charge in [-0.25, -0.2) is 0 Å². The molecule has 2 aromatic rings. The zero-order chi connectivity index (χ0) is 13.8. The number of rotatable bonds is 3. The van der Waals surface area contributed by atoms with Crippen LogP contribution in [-0.4, -0.2) is 0 Å². The van der Waals surface area contributed by atoms with Crippen molar-refractivity contribution < 1.29 is 0 Å². The number of nitrogens with zero attached hydrogens (tertiary/aromatic N) is 1. The molecule has 0 aliphatic heterocycles. The van der Waals surface area contributed by atoms with Crippen LogP contribution in [0, 0.1) is 11.3 Å². The first-order chi connectivity index (χ1) is 9.13. The Kier molecular flexibility index (Phi) is 4.71. The highest BCUT2D eigenvalue weighted by Crippen LogP contribution is 2.33. The molecule has 2 aromatic carbocycles. The lowest BCUT2D eigenvalue weighted by atomic mass is 10.1. The topological polar surface area (TPSA) is 35.8 Å². The minimum absolute atomic E-state index is 0.471. The van der Waals surface area contributed by atoms with Crippen molar-refractivity contribution in [3.63, 3.8) is 0 Å². The Bertz CT molecular complexity index is 617. The minimum atomic E-state index is -0.611. The first kappa shape index (κ1) is 14.2. The van der Waals surface area contributed by atoms with Crippen LogP contribution in [0.3, 0.4) is 0 Å². The van der Waals surface area contributed by atoms with E-state index in [0.29, 0.717) is 15.6 Å². The van der Waals surface area contributed by atoms with Gasteiger partial charge in [0.2, 0.25) is 0 Å². The molecule has 0 saturated carbocycles. The molecular formula is C14H9BrCl2N2. The van der Waals surface area contributed by atoms with Crippen molar-refractivity contribution in [1.82, 2.24) is 0 Å². The van der Waals surface area contributed by atoms with Gasteiger partial charge >= 0.3 is 0 Å². The lowest BCUT2D eigenvalue weighted by Gasteiger charge is -2.17. The van der Waals surface area contributed by atoms with E-state index in [1.165, 1.54) is 0 Å². The quantitative estimate of drug-likeness (QED) is 0.796. The number of hydrogen-bond acceptors (Lipinski definition) is 2. The first-order valence-electron chi connectivity index (χ1n) is 5.48. The molecule has 1 atom stereocenters. The Hall–Kier alpha value is -1.21. The van der Waals surface area contributed by atoms with E-state index in [4.69, 9.17) is 23.2 Å². The molecule has 2 nitrogen and oxygen atoms in total. The molecule has 0 amide bonds. The smallest absolute Gasteiger partial charge is 0.143 e. The van der Waals surface area contributed by atoms with Crippen LogP contribution < -0.4 is 5.32 Å². The minimum Gasteiger partial charge on any atom is -0.365 e. The van der Waals surface area contributed by atoms with E-state index in [0.717, 1.165) is 10.2 Å². The number of benzene rings is 2. The zero-order valence-electron chi connectivity index (χ0n) is 9.70. The summed E-state index contributed by atoms with van der Waals surface area (Å²) in [6, 6.07) is 14.3. The molecule has 0 fully saturated rings. The second-order valence-corrected chi connectivity index (χ2v) is 5.49. The summed E-state index contributed by atoms with van der Waals surface area (Å²) in [5.41, 5.74) is 1.40. The summed E-state index contributed by atoms with van der Waals surface area (Å²) in [5, 5.41) is 13.4. The van der Waals surface area contributed by atoms with Gasteiger partial charge in [-0.3, -0.25) is 0 Å². The van der Waals surface area contributed by atoms with Crippen molar-refractivity contribution in [3.8, 4) is 6.07 Å². The summed E-state index contributed by atoms with van der Waals surface area (Å²) in [7, 11) is 0. The zero-order valence-corrected chi connectivity index (χ0v) is 12.8. The number of hydrogen-bond donors (Lipinski definition) is 1. The lowest BCUT2D eigenvalue weighted by Crippen LogP contribution is -2.10. The summed E-state index contributed by atoms with van der Waals surface area (Å²) in [6.07, 6.45) is 0. The van der Waals surface area contributed by atoms with Crippen LogP contribution in [-0.2, 0) is 0 Å². The standard InChI is InChI=1S/C14H9BrCl2N2/c15-9-4-1-2-7-12(9)19-13(8-18)14-10(16)5-3-6-11(14)17/h1-7,13,19H. The van der Waals surface area contributed by atoms with Gasteiger partial charge in [-0.05, 0) is 40.2 Å². The molecule has 1 unspecified atom stereocenters. The Balaban J connectivity index is 2.37. The molecule has 2 rings (SSSR count). The predicted molar refractivity (Wildman–Crippen MR) is 82.6 cm³/mol. The van der Waals surface area contributed by atoms with Crippen LogP contribution in [0.5, 0.6) is 0 Å². The third-order valence-corrected chi connectivity index (χ3v) is 3.94.